The van der Waals surface area contributed by atoms with Crippen molar-refractivity contribution in [3.63, 3.8) is 0 Å². The summed E-state index contributed by atoms with van der Waals surface area (Å²) in [5.74, 6) is -1.64. The highest BCUT2D eigenvalue weighted by molar-refractivity contribution is 9.10. The first-order valence-electron chi connectivity index (χ1n) is 9.33. The number of methoxy groups -OCH3 is 1. The Morgan fingerprint density at radius 3 is 2.45 bits per heavy atom. The monoisotopic (exact) mass is 486 g/mol. The summed E-state index contributed by atoms with van der Waals surface area (Å²) in [5, 5.41) is 2.19. The Labute approximate surface area is 186 Å². The molecule has 0 spiro atoms. The topological polar surface area (TPSA) is 102 Å². The summed E-state index contributed by atoms with van der Waals surface area (Å²) in [6.45, 7) is 1.74. The lowest BCUT2D eigenvalue weighted by Gasteiger charge is -2.26. The van der Waals surface area contributed by atoms with E-state index in [1.807, 2.05) is 19.1 Å². The third-order valence-electron chi connectivity index (χ3n) is 4.54. The Balaban J connectivity index is 1.87. The number of hydrogen-bond donors (Lipinski definition) is 1. The minimum absolute atomic E-state index is 0.186. The second kappa shape index (κ2) is 9.57. The normalized spacial score (nSPS) is 15.1. The van der Waals surface area contributed by atoms with Gasteiger partial charge in [-0.1, -0.05) is 25.1 Å². The average Bonchev–Trinajstić information content (AvgIpc) is 2.76. The fourth-order valence-corrected chi connectivity index (χ4v) is 3.37. The number of carbonyl (C=O) groups is 4. The van der Waals surface area contributed by atoms with Crippen LogP contribution >= 0.6 is 15.9 Å². The van der Waals surface area contributed by atoms with Crippen LogP contribution in [0.15, 0.2) is 52.5 Å². The predicted octanol–water partition coefficient (Wildman–Crippen LogP) is 3.23. The van der Waals surface area contributed by atoms with Crippen LogP contribution in [0.2, 0.25) is 0 Å². The second-order valence-corrected chi connectivity index (χ2v) is 7.39. The standard InChI is InChI=1S/C22H19BrN2O6/c1-3-13-4-7-15(8-5-13)25-21(28)16(20(27)24-22(25)29)10-14-6-9-18(17(23)11-14)31-12-19(26)30-2/h4-11H,3,12H2,1-2H3,(H,24,27,29)/b16-10-. The molecule has 9 heteroatoms. The molecule has 0 bridgehead atoms. The van der Waals surface area contributed by atoms with Gasteiger partial charge in [-0.25, -0.2) is 14.5 Å². The van der Waals surface area contributed by atoms with Crippen LogP contribution in [-0.4, -0.2) is 37.5 Å². The van der Waals surface area contributed by atoms with Crippen LogP contribution in [0.1, 0.15) is 18.1 Å². The fraction of sp³-hybridized carbons (Fsp3) is 0.182. The molecule has 8 nitrogen and oxygen atoms in total. The van der Waals surface area contributed by atoms with Gasteiger partial charge in [-0.2, -0.15) is 0 Å². The fourth-order valence-electron chi connectivity index (χ4n) is 2.86. The summed E-state index contributed by atoms with van der Waals surface area (Å²) >= 11 is 3.33. The van der Waals surface area contributed by atoms with Gasteiger partial charge in [0.2, 0.25) is 0 Å². The van der Waals surface area contributed by atoms with E-state index in [1.165, 1.54) is 13.2 Å². The van der Waals surface area contributed by atoms with Crippen molar-refractivity contribution < 1.29 is 28.7 Å². The summed E-state index contributed by atoms with van der Waals surface area (Å²) in [4.78, 5) is 49.7. The molecular formula is C22H19BrN2O6. The van der Waals surface area contributed by atoms with Crippen LogP contribution in [0.4, 0.5) is 10.5 Å². The maximum absolute atomic E-state index is 13.0. The van der Waals surface area contributed by atoms with Gasteiger partial charge in [0.25, 0.3) is 11.8 Å². The summed E-state index contributed by atoms with van der Waals surface area (Å²) in [5.41, 5.74) is 1.76. The second-order valence-electron chi connectivity index (χ2n) is 6.53. The van der Waals surface area contributed by atoms with Crippen molar-refractivity contribution in [1.29, 1.82) is 0 Å². The number of anilines is 1. The number of benzene rings is 2. The number of imide groups is 2. The molecule has 31 heavy (non-hydrogen) atoms. The van der Waals surface area contributed by atoms with Gasteiger partial charge in [-0.3, -0.25) is 14.9 Å². The lowest BCUT2D eigenvalue weighted by molar-refractivity contribution is -0.143. The van der Waals surface area contributed by atoms with E-state index < -0.39 is 23.8 Å². The number of amides is 4. The SMILES string of the molecule is CCc1ccc(N2C(=O)NC(=O)/C(=C/c3ccc(OCC(=O)OC)c(Br)c3)C2=O)cc1. The molecule has 1 heterocycles. The highest BCUT2D eigenvalue weighted by Crippen LogP contribution is 2.28. The molecule has 0 aliphatic carbocycles. The number of carbonyl (C=O) groups excluding carboxylic acids is 4. The summed E-state index contributed by atoms with van der Waals surface area (Å²) in [6.07, 6.45) is 2.20. The molecule has 1 aliphatic heterocycles. The van der Waals surface area contributed by atoms with Crippen LogP contribution in [0.3, 0.4) is 0 Å². The minimum atomic E-state index is -0.802. The van der Waals surface area contributed by atoms with Gasteiger partial charge < -0.3 is 9.47 Å². The predicted molar refractivity (Wildman–Crippen MR) is 116 cm³/mol. The van der Waals surface area contributed by atoms with Crippen molar-refractivity contribution in [2.45, 2.75) is 13.3 Å². The molecule has 160 valence electrons. The summed E-state index contributed by atoms with van der Waals surface area (Å²) < 4.78 is 10.4. The molecule has 1 N–H and O–H groups in total. The number of nitrogens with one attached hydrogen (secondary N) is 1. The van der Waals surface area contributed by atoms with Crippen LogP contribution in [0.5, 0.6) is 5.75 Å². The zero-order chi connectivity index (χ0) is 22.5. The first-order valence-corrected chi connectivity index (χ1v) is 10.1. The number of halogens is 1. The first kappa shape index (κ1) is 22.2. The zero-order valence-electron chi connectivity index (χ0n) is 16.8. The molecular weight excluding hydrogens is 468 g/mol. The number of hydrogen-bond acceptors (Lipinski definition) is 6. The number of rotatable bonds is 6. The van der Waals surface area contributed by atoms with Gasteiger partial charge in [-0.15, -0.1) is 0 Å². The van der Waals surface area contributed by atoms with E-state index in [9.17, 15) is 19.2 Å². The molecule has 0 radical (unpaired) electrons. The van der Waals surface area contributed by atoms with E-state index in [0.717, 1.165) is 16.9 Å². The maximum atomic E-state index is 13.0. The van der Waals surface area contributed by atoms with Crippen LogP contribution < -0.4 is 15.0 Å². The average molecular weight is 487 g/mol. The molecule has 2 aromatic rings. The van der Waals surface area contributed by atoms with Gasteiger partial charge in [0.05, 0.1) is 17.3 Å². The molecule has 3 rings (SSSR count). The third-order valence-corrected chi connectivity index (χ3v) is 5.16. The highest BCUT2D eigenvalue weighted by atomic mass is 79.9. The number of aryl methyl sites for hydroxylation is 1. The lowest BCUT2D eigenvalue weighted by atomic mass is 10.1. The van der Waals surface area contributed by atoms with Crippen molar-refractivity contribution in [3.05, 3.63) is 63.6 Å². The molecule has 2 aromatic carbocycles. The molecule has 0 unspecified atom stereocenters. The van der Waals surface area contributed by atoms with E-state index in [4.69, 9.17) is 4.74 Å². The van der Waals surface area contributed by atoms with Crippen LogP contribution in [0, 0.1) is 0 Å². The number of esters is 1. The minimum Gasteiger partial charge on any atom is -0.481 e. The lowest BCUT2D eigenvalue weighted by Crippen LogP contribution is -2.54. The van der Waals surface area contributed by atoms with Crippen LogP contribution in [0.25, 0.3) is 6.08 Å². The molecule has 0 saturated carbocycles. The molecule has 1 saturated heterocycles. The van der Waals surface area contributed by atoms with E-state index >= 15 is 0 Å². The molecule has 4 amide bonds. The molecule has 0 aromatic heterocycles. The number of urea groups is 1. The molecule has 1 fully saturated rings. The quantitative estimate of drug-likeness (QED) is 0.382. The number of nitrogens with zero attached hydrogens (tertiary/aromatic N) is 1. The van der Waals surface area contributed by atoms with Crippen LogP contribution in [-0.2, 0) is 25.5 Å². The van der Waals surface area contributed by atoms with Crippen molar-refractivity contribution >= 4 is 51.5 Å². The maximum Gasteiger partial charge on any atom is 0.343 e. The first-order chi connectivity index (χ1) is 14.8. The van der Waals surface area contributed by atoms with E-state index in [0.29, 0.717) is 21.5 Å². The Hall–Kier alpha value is -3.46. The van der Waals surface area contributed by atoms with Crippen molar-refractivity contribution in [2.24, 2.45) is 0 Å². The Morgan fingerprint density at radius 1 is 1.13 bits per heavy atom. The smallest absolute Gasteiger partial charge is 0.343 e. The van der Waals surface area contributed by atoms with Crippen molar-refractivity contribution in [2.75, 3.05) is 18.6 Å². The van der Waals surface area contributed by atoms with Gasteiger partial charge in [0.1, 0.15) is 11.3 Å². The van der Waals surface area contributed by atoms with Gasteiger partial charge in [0.15, 0.2) is 6.61 Å². The van der Waals surface area contributed by atoms with Gasteiger partial charge in [0, 0.05) is 0 Å². The molecule has 0 atom stereocenters. The van der Waals surface area contributed by atoms with E-state index in [1.54, 1.807) is 30.3 Å². The zero-order valence-corrected chi connectivity index (χ0v) is 18.4. The third kappa shape index (κ3) is 5.00. The van der Waals surface area contributed by atoms with Crippen molar-refractivity contribution in [1.82, 2.24) is 5.32 Å². The summed E-state index contributed by atoms with van der Waals surface area (Å²) in [6, 6.07) is 11.0. The van der Waals surface area contributed by atoms with E-state index in [2.05, 4.69) is 26.0 Å². The van der Waals surface area contributed by atoms with E-state index in [-0.39, 0.29) is 12.2 Å². The Kier molecular flexibility index (Phi) is 6.86. The molecule has 1 aliphatic rings. The van der Waals surface area contributed by atoms with Gasteiger partial charge >= 0.3 is 12.0 Å². The summed E-state index contributed by atoms with van der Waals surface area (Å²) in [7, 11) is 1.26. The number of barbiturate groups is 1. The Morgan fingerprint density at radius 2 is 1.84 bits per heavy atom. The van der Waals surface area contributed by atoms with Gasteiger partial charge in [-0.05, 0) is 63.8 Å². The largest absolute Gasteiger partial charge is 0.481 e. The highest BCUT2D eigenvalue weighted by Gasteiger charge is 2.36. The number of ether oxygens (including phenoxy) is 2. The van der Waals surface area contributed by atoms with Crippen molar-refractivity contribution in [3.8, 4) is 5.75 Å². The Bertz CT molecular complexity index is 1080.